The van der Waals surface area contributed by atoms with E-state index >= 15 is 0 Å². The number of rotatable bonds is 60. The summed E-state index contributed by atoms with van der Waals surface area (Å²) in [5.41, 5.74) is 0. The predicted molar refractivity (Wildman–Crippen MR) is 309 cm³/mol. The molecule has 0 atom stereocenters. The second-order valence-electron chi connectivity index (χ2n) is 22.5. The Morgan fingerprint density at radius 1 is 0.178 bits per heavy atom. The van der Waals surface area contributed by atoms with Gasteiger partial charge in [0.05, 0.1) is 0 Å². The monoisotopic (exact) mass is 1210 g/mol. The molecule has 0 radical (unpaired) electrons. The average Bonchev–Trinajstić information content (AvgIpc) is 3.36. The molecule has 0 aromatic rings. The number of aliphatic carboxylic acids is 3. The second-order valence-corrected chi connectivity index (χ2v) is 22.5. The van der Waals surface area contributed by atoms with Crippen molar-refractivity contribution in [2.75, 3.05) is 0 Å². The normalized spacial score (nSPS) is 10.9. The summed E-state index contributed by atoms with van der Waals surface area (Å²) in [5, 5.41) is 30.8. The molecule has 0 aliphatic heterocycles. The Morgan fingerprint density at radius 2 is 0.260 bits per heavy atom. The van der Waals surface area contributed by atoms with Crippen LogP contribution in [0.4, 0.5) is 0 Å². The average molecular weight is 1220 g/mol. The van der Waals surface area contributed by atoms with Gasteiger partial charge in [-0.15, -0.1) is 0 Å². The van der Waals surface area contributed by atoms with Gasteiger partial charge in [0.2, 0.25) is 0 Å². The van der Waals surface area contributed by atoms with Crippen LogP contribution in [0, 0.1) is 0 Å². The quantitative estimate of drug-likeness (QED) is 0.0442. The summed E-state index contributed by atoms with van der Waals surface area (Å²) in [6.45, 7) is 6.84. The van der Waals surface area contributed by atoms with E-state index in [9.17, 15) is 29.7 Å². The number of hydrogen-bond donors (Lipinski definition) is 0. The molecule has 0 bridgehead atoms. The number of carbonyl (C=O) groups is 3. The van der Waals surface area contributed by atoms with Crippen molar-refractivity contribution in [2.24, 2.45) is 0 Å². The molecular formula is C66H129AuO6. The van der Waals surface area contributed by atoms with Crippen molar-refractivity contribution < 1.29 is 52.1 Å². The minimum absolute atomic E-state index is 0. The van der Waals surface area contributed by atoms with Crippen LogP contribution in [0.2, 0.25) is 0 Å². The van der Waals surface area contributed by atoms with E-state index in [2.05, 4.69) is 20.8 Å². The molecule has 0 rings (SSSR count). The van der Waals surface area contributed by atoms with E-state index < -0.39 is 17.9 Å². The molecule has 0 unspecified atom stereocenters. The van der Waals surface area contributed by atoms with Crippen LogP contribution >= 0.6 is 0 Å². The van der Waals surface area contributed by atoms with Gasteiger partial charge in [0.25, 0.3) is 0 Å². The van der Waals surface area contributed by atoms with Crippen molar-refractivity contribution in [2.45, 2.75) is 406 Å². The maximum atomic E-state index is 10.3. The maximum Gasteiger partial charge on any atom is 3.00 e. The van der Waals surface area contributed by atoms with Crippen LogP contribution in [0.5, 0.6) is 0 Å². The molecule has 0 aliphatic carbocycles. The van der Waals surface area contributed by atoms with Crippen molar-refractivity contribution in [1.82, 2.24) is 0 Å². The smallest absolute Gasteiger partial charge is 0.550 e. The Bertz CT molecular complexity index is 882. The molecule has 73 heavy (non-hydrogen) atoms. The SMILES string of the molecule is CCCCCCCCCCCCCCCCCCCCCC(=O)[O-].CCCCCCCCCCCCCCCCCCCCCC(=O)[O-].CCCCCCCCCCCCCCCCCCCCCC(=O)[O-].[Au+3]. The summed E-state index contributed by atoms with van der Waals surface area (Å²) in [5.74, 6) is -2.70. The zero-order valence-electron chi connectivity index (χ0n) is 49.7. The van der Waals surface area contributed by atoms with Crippen LogP contribution in [-0.2, 0) is 36.8 Å². The number of unbranched alkanes of at least 4 members (excludes halogenated alkanes) is 54. The van der Waals surface area contributed by atoms with Crippen molar-refractivity contribution in [3.63, 3.8) is 0 Å². The van der Waals surface area contributed by atoms with E-state index in [0.717, 1.165) is 38.5 Å². The molecule has 0 aromatic carbocycles. The van der Waals surface area contributed by atoms with Crippen LogP contribution in [0.15, 0.2) is 0 Å². The summed E-state index contributed by atoms with van der Waals surface area (Å²) in [6, 6.07) is 0. The first-order chi connectivity index (χ1) is 35.3. The number of carboxylic acids is 3. The standard InChI is InChI=1S/3C22H44O2.Au/c3*1-2-3-4-5-6-7-8-9-10-11-12-13-14-15-16-17-18-19-20-21-22(23)24;/h3*2-21H2,1H3,(H,23,24);/q;;;+3/p-3. The molecule has 440 valence electrons. The molecule has 0 heterocycles. The molecule has 0 aromatic heterocycles. The molecule has 0 fully saturated rings. The van der Waals surface area contributed by atoms with E-state index in [1.54, 1.807) is 0 Å². The molecule has 0 saturated heterocycles. The molecule has 6 nitrogen and oxygen atoms in total. The summed E-state index contributed by atoms with van der Waals surface area (Å²) in [4.78, 5) is 30.8. The van der Waals surface area contributed by atoms with Crippen LogP contribution in [0.25, 0.3) is 0 Å². The van der Waals surface area contributed by atoms with Crippen LogP contribution in [-0.4, -0.2) is 17.9 Å². The molecule has 7 heteroatoms. The Morgan fingerprint density at radius 3 is 0.342 bits per heavy atom. The fourth-order valence-electron chi connectivity index (χ4n) is 10.0. The van der Waals surface area contributed by atoms with Gasteiger partial charge >= 0.3 is 22.4 Å². The van der Waals surface area contributed by atoms with Gasteiger partial charge in [-0.25, -0.2) is 0 Å². The van der Waals surface area contributed by atoms with E-state index in [4.69, 9.17) is 0 Å². The summed E-state index contributed by atoms with van der Waals surface area (Å²) in [7, 11) is 0. The molecule has 0 amide bonds. The van der Waals surface area contributed by atoms with Gasteiger partial charge in [-0.1, -0.05) is 367 Å². The van der Waals surface area contributed by atoms with Gasteiger partial charge in [0.1, 0.15) is 0 Å². The van der Waals surface area contributed by atoms with Crippen LogP contribution in [0.3, 0.4) is 0 Å². The first kappa shape index (κ1) is 78.6. The summed E-state index contributed by atoms with van der Waals surface area (Å²) in [6.07, 6.45) is 77.2. The third-order valence-electron chi connectivity index (χ3n) is 15.0. The van der Waals surface area contributed by atoms with Gasteiger partial charge in [-0.2, -0.15) is 0 Å². The fourth-order valence-corrected chi connectivity index (χ4v) is 10.0. The Kier molecular flexibility index (Phi) is 81.2. The maximum absolute atomic E-state index is 10.3. The minimum Gasteiger partial charge on any atom is -0.550 e. The van der Waals surface area contributed by atoms with Crippen molar-refractivity contribution in [3.05, 3.63) is 0 Å². The number of carbonyl (C=O) groups excluding carboxylic acids is 3. The molecule has 0 aliphatic rings. The molecule has 0 spiro atoms. The third-order valence-corrected chi connectivity index (χ3v) is 15.0. The van der Waals surface area contributed by atoms with Crippen molar-refractivity contribution >= 4 is 17.9 Å². The Balaban J connectivity index is -0.000000486. The van der Waals surface area contributed by atoms with E-state index in [-0.39, 0.29) is 41.6 Å². The largest absolute Gasteiger partial charge is 3.00 e. The van der Waals surface area contributed by atoms with Gasteiger partial charge in [0, 0.05) is 17.9 Å². The van der Waals surface area contributed by atoms with Gasteiger partial charge in [0.15, 0.2) is 0 Å². The molecular weight excluding hydrogens is 1090 g/mol. The number of hydrogen-bond acceptors (Lipinski definition) is 6. The van der Waals surface area contributed by atoms with Gasteiger partial charge < -0.3 is 29.7 Å². The predicted octanol–water partition coefficient (Wildman–Crippen LogP) is 19.7. The zero-order chi connectivity index (χ0) is 53.2. The van der Waals surface area contributed by atoms with E-state index in [1.165, 1.54) is 327 Å². The summed E-state index contributed by atoms with van der Waals surface area (Å²) >= 11 is 0. The fraction of sp³-hybridized carbons (Fsp3) is 0.955. The summed E-state index contributed by atoms with van der Waals surface area (Å²) < 4.78 is 0. The second kappa shape index (κ2) is 75.4. The first-order valence-corrected chi connectivity index (χ1v) is 32.9. The minimum atomic E-state index is -0.901. The number of carboxylic acid groups (broad SMARTS) is 3. The topological polar surface area (TPSA) is 120 Å². The first-order valence-electron chi connectivity index (χ1n) is 32.9. The third kappa shape index (κ3) is 88.1. The van der Waals surface area contributed by atoms with Gasteiger partial charge in [-0.3, -0.25) is 0 Å². The zero-order valence-corrected chi connectivity index (χ0v) is 51.8. The van der Waals surface area contributed by atoms with Crippen molar-refractivity contribution in [3.8, 4) is 0 Å². The van der Waals surface area contributed by atoms with Crippen LogP contribution < -0.4 is 15.3 Å². The van der Waals surface area contributed by atoms with Gasteiger partial charge in [-0.05, 0) is 38.5 Å². The van der Waals surface area contributed by atoms with E-state index in [1.807, 2.05) is 0 Å². The molecule has 0 N–H and O–H groups in total. The molecule has 0 saturated carbocycles. The van der Waals surface area contributed by atoms with Crippen molar-refractivity contribution in [1.29, 1.82) is 0 Å². The van der Waals surface area contributed by atoms with E-state index in [0.29, 0.717) is 0 Å². The Hall–Kier alpha value is -0.850. The van der Waals surface area contributed by atoms with Crippen LogP contribution in [0.1, 0.15) is 406 Å². The Labute approximate surface area is 473 Å².